The van der Waals surface area contributed by atoms with Crippen LogP contribution in [0.1, 0.15) is 11.1 Å². The molecule has 0 N–H and O–H groups in total. The molecule has 34 heavy (non-hydrogen) atoms. The topological polar surface area (TPSA) is 76.2 Å². The van der Waals surface area contributed by atoms with Crippen molar-refractivity contribution < 1.29 is 27.7 Å². The number of carbonyl (C=O) groups excluding carboxylic acids is 2. The van der Waals surface area contributed by atoms with Crippen LogP contribution < -0.4 is 19.3 Å². The summed E-state index contributed by atoms with van der Waals surface area (Å²) in [5, 5.41) is 0. The van der Waals surface area contributed by atoms with Gasteiger partial charge in [-0.15, -0.1) is 0 Å². The normalized spacial score (nSPS) is 21.3. The molecule has 1 spiro atoms. The second-order valence-corrected chi connectivity index (χ2v) is 9.51. The molecule has 0 aromatic heterocycles. The Bertz CT molecular complexity index is 1330. The molecule has 0 bridgehead atoms. The number of para-hydroxylation sites is 1. The molecule has 0 radical (unpaired) electrons. The molecule has 2 atom stereocenters. The fourth-order valence-corrected chi connectivity index (χ4v) is 6.31. The Balaban J connectivity index is 1.67. The van der Waals surface area contributed by atoms with Gasteiger partial charge in [0.1, 0.15) is 11.6 Å². The highest BCUT2D eigenvalue weighted by atomic mass is 32.2. The van der Waals surface area contributed by atoms with Crippen molar-refractivity contribution in [1.29, 1.82) is 0 Å². The van der Waals surface area contributed by atoms with Crippen molar-refractivity contribution >= 4 is 34.0 Å². The van der Waals surface area contributed by atoms with Crippen LogP contribution in [0.3, 0.4) is 0 Å². The Morgan fingerprint density at radius 1 is 0.971 bits per heavy atom. The number of halogens is 1. The first-order valence-electron chi connectivity index (χ1n) is 10.5. The number of ether oxygens (including phenoxy) is 2. The van der Waals surface area contributed by atoms with E-state index in [0.29, 0.717) is 34.0 Å². The standard InChI is InChI=1S/C25H21FN2O5S/c1-32-21-12-11-18(13-22(21)33-2)28-23(29)15-34(31)25(28)19-5-3-4-6-20(19)27(24(25)30)14-16-7-9-17(26)10-8-16/h3-13H,14-15H2,1-2H3. The summed E-state index contributed by atoms with van der Waals surface area (Å²) in [7, 11) is 1.12. The lowest BCUT2D eigenvalue weighted by atomic mass is 10.0. The van der Waals surface area contributed by atoms with Crippen molar-refractivity contribution in [2.45, 2.75) is 11.4 Å². The van der Waals surface area contributed by atoms with Crippen LogP contribution in [0.4, 0.5) is 15.8 Å². The summed E-state index contributed by atoms with van der Waals surface area (Å²) in [6.07, 6.45) is 0. The van der Waals surface area contributed by atoms with E-state index in [2.05, 4.69) is 0 Å². The van der Waals surface area contributed by atoms with Gasteiger partial charge in [-0.1, -0.05) is 30.3 Å². The van der Waals surface area contributed by atoms with E-state index in [1.807, 2.05) is 0 Å². The van der Waals surface area contributed by atoms with Crippen LogP contribution in [0.15, 0.2) is 66.7 Å². The van der Waals surface area contributed by atoms with E-state index in [0.717, 1.165) is 0 Å². The molecule has 7 nitrogen and oxygen atoms in total. The minimum Gasteiger partial charge on any atom is -0.493 e. The van der Waals surface area contributed by atoms with Crippen LogP contribution >= 0.6 is 0 Å². The molecular weight excluding hydrogens is 459 g/mol. The van der Waals surface area contributed by atoms with Gasteiger partial charge in [-0.2, -0.15) is 0 Å². The molecule has 2 amide bonds. The van der Waals surface area contributed by atoms with E-state index >= 15 is 0 Å². The first-order chi connectivity index (χ1) is 16.4. The van der Waals surface area contributed by atoms with Gasteiger partial charge in [0, 0.05) is 11.6 Å². The quantitative estimate of drug-likeness (QED) is 0.560. The molecule has 5 rings (SSSR count). The molecule has 2 unspecified atom stereocenters. The third-order valence-electron chi connectivity index (χ3n) is 6.12. The van der Waals surface area contributed by atoms with Crippen LogP contribution in [-0.4, -0.2) is 36.0 Å². The zero-order valence-electron chi connectivity index (χ0n) is 18.5. The summed E-state index contributed by atoms with van der Waals surface area (Å²) < 4.78 is 37.7. The van der Waals surface area contributed by atoms with E-state index in [1.54, 1.807) is 54.6 Å². The number of hydrogen-bond donors (Lipinski definition) is 0. The molecule has 2 aliphatic rings. The lowest BCUT2D eigenvalue weighted by Crippen LogP contribution is -2.52. The fourth-order valence-electron chi connectivity index (χ4n) is 4.62. The van der Waals surface area contributed by atoms with Crippen molar-refractivity contribution in [3.05, 3.63) is 83.7 Å². The van der Waals surface area contributed by atoms with Crippen molar-refractivity contribution in [1.82, 2.24) is 0 Å². The van der Waals surface area contributed by atoms with Crippen LogP contribution in [-0.2, 0) is 31.8 Å². The van der Waals surface area contributed by atoms with E-state index < -0.39 is 27.5 Å². The number of nitrogens with zero attached hydrogens (tertiary/aromatic N) is 2. The van der Waals surface area contributed by atoms with Crippen LogP contribution in [0.25, 0.3) is 0 Å². The largest absolute Gasteiger partial charge is 0.493 e. The van der Waals surface area contributed by atoms with E-state index in [-0.39, 0.29) is 18.1 Å². The lowest BCUT2D eigenvalue weighted by Gasteiger charge is -2.33. The summed E-state index contributed by atoms with van der Waals surface area (Å²) in [5.41, 5.74) is 2.13. The van der Waals surface area contributed by atoms with Gasteiger partial charge in [-0.05, 0) is 35.9 Å². The van der Waals surface area contributed by atoms with Gasteiger partial charge in [0.05, 0.1) is 42.9 Å². The van der Waals surface area contributed by atoms with Gasteiger partial charge in [-0.3, -0.25) is 18.7 Å². The molecule has 3 aromatic rings. The minimum absolute atomic E-state index is 0.142. The maximum atomic E-state index is 14.1. The maximum absolute atomic E-state index is 14.1. The number of methoxy groups -OCH3 is 2. The second kappa shape index (κ2) is 8.25. The van der Waals surface area contributed by atoms with Crippen molar-refractivity contribution in [2.24, 2.45) is 0 Å². The Hall–Kier alpha value is -3.72. The molecule has 2 aliphatic heterocycles. The predicted octanol–water partition coefficient (Wildman–Crippen LogP) is 3.34. The molecule has 0 saturated carbocycles. The zero-order valence-corrected chi connectivity index (χ0v) is 19.3. The van der Waals surface area contributed by atoms with E-state index in [9.17, 15) is 18.2 Å². The number of amides is 2. The SMILES string of the molecule is COc1ccc(N2C(=O)CS(=O)C23C(=O)N(Cc2ccc(F)cc2)c2ccccc23)cc1OC. The molecule has 1 saturated heterocycles. The molecule has 1 fully saturated rings. The summed E-state index contributed by atoms with van der Waals surface area (Å²) in [6, 6.07) is 17.7. The number of anilines is 2. The first kappa shape index (κ1) is 22.1. The monoisotopic (exact) mass is 480 g/mol. The van der Waals surface area contributed by atoms with Gasteiger partial charge in [0.15, 0.2) is 11.5 Å². The van der Waals surface area contributed by atoms with E-state index in [1.165, 1.54) is 36.2 Å². The highest BCUT2D eigenvalue weighted by molar-refractivity contribution is 7.88. The van der Waals surface area contributed by atoms with Gasteiger partial charge >= 0.3 is 0 Å². The third-order valence-corrected chi connectivity index (χ3v) is 7.87. The average molecular weight is 481 g/mol. The number of benzene rings is 3. The van der Waals surface area contributed by atoms with Crippen molar-refractivity contribution in [3.8, 4) is 11.5 Å². The van der Waals surface area contributed by atoms with Gasteiger partial charge in [-0.25, -0.2) is 4.39 Å². The summed E-state index contributed by atoms with van der Waals surface area (Å²) >= 11 is 0. The highest BCUT2D eigenvalue weighted by Crippen LogP contribution is 2.52. The van der Waals surface area contributed by atoms with Gasteiger partial charge in [0.25, 0.3) is 5.91 Å². The summed E-state index contributed by atoms with van der Waals surface area (Å²) in [6.45, 7) is 0.142. The molecule has 3 aromatic carbocycles. The molecule has 9 heteroatoms. The van der Waals surface area contributed by atoms with Crippen molar-refractivity contribution in [3.63, 3.8) is 0 Å². The van der Waals surface area contributed by atoms with E-state index in [4.69, 9.17) is 9.47 Å². The number of rotatable bonds is 5. The molecular formula is C25H21FN2O5S. The molecule has 0 aliphatic carbocycles. The number of hydrogen-bond acceptors (Lipinski definition) is 5. The highest BCUT2D eigenvalue weighted by Gasteiger charge is 2.65. The number of fused-ring (bicyclic) bond motifs is 2. The Labute approximate surface area is 198 Å². The predicted molar refractivity (Wildman–Crippen MR) is 126 cm³/mol. The maximum Gasteiger partial charge on any atom is 0.271 e. The Morgan fingerprint density at radius 2 is 1.68 bits per heavy atom. The summed E-state index contributed by atoms with van der Waals surface area (Å²) in [4.78, 5) is 28.4. The minimum atomic E-state index is -1.85. The smallest absolute Gasteiger partial charge is 0.271 e. The Morgan fingerprint density at radius 3 is 2.38 bits per heavy atom. The van der Waals surface area contributed by atoms with Crippen LogP contribution in [0.5, 0.6) is 11.5 Å². The van der Waals surface area contributed by atoms with Crippen LogP contribution in [0.2, 0.25) is 0 Å². The molecule has 2 heterocycles. The number of carbonyl (C=O) groups is 2. The second-order valence-electron chi connectivity index (χ2n) is 7.94. The third kappa shape index (κ3) is 3.11. The fraction of sp³-hybridized carbons (Fsp3) is 0.200. The zero-order chi connectivity index (χ0) is 24.0. The summed E-state index contributed by atoms with van der Waals surface area (Å²) in [5.74, 6) is -0.741. The Kier molecular flexibility index (Phi) is 5.36. The van der Waals surface area contributed by atoms with Gasteiger partial charge < -0.3 is 14.4 Å². The lowest BCUT2D eigenvalue weighted by molar-refractivity contribution is -0.123. The van der Waals surface area contributed by atoms with Gasteiger partial charge in [0.2, 0.25) is 10.8 Å². The first-order valence-corrected chi connectivity index (χ1v) is 11.8. The van der Waals surface area contributed by atoms with Crippen LogP contribution in [0, 0.1) is 5.82 Å². The molecule has 174 valence electrons. The van der Waals surface area contributed by atoms with Crippen molar-refractivity contribution in [2.75, 3.05) is 29.8 Å². The average Bonchev–Trinajstić information content (AvgIpc) is 3.26.